The molecule has 0 aromatic carbocycles. The number of hydrazine groups is 1. The van der Waals surface area contributed by atoms with Crippen molar-refractivity contribution in [1.82, 2.24) is 10.3 Å². The van der Waals surface area contributed by atoms with Gasteiger partial charge in [0, 0.05) is 19.3 Å². The average Bonchev–Trinajstić information content (AvgIpc) is 2.89. The number of hydrogen-bond acceptors (Lipinski definition) is 5. The highest BCUT2D eigenvalue weighted by molar-refractivity contribution is 6.33. The van der Waals surface area contributed by atoms with E-state index >= 15 is 0 Å². The molecule has 1 fully saturated rings. The molecule has 0 spiro atoms. The molecule has 6 nitrogen and oxygen atoms in total. The lowest BCUT2D eigenvalue weighted by molar-refractivity contribution is 0.0857. The lowest BCUT2D eigenvalue weighted by Crippen LogP contribution is -2.31. The molecular formula is C11H15ClN4O2. The van der Waals surface area contributed by atoms with Crippen LogP contribution in [0, 0.1) is 0 Å². The number of hydrogen-bond donors (Lipinski definition) is 3. The van der Waals surface area contributed by atoms with Crippen LogP contribution in [0.2, 0.25) is 5.02 Å². The normalized spacial score (nSPS) is 18.7. The van der Waals surface area contributed by atoms with Crippen LogP contribution in [0.3, 0.4) is 0 Å². The van der Waals surface area contributed by atoms with Crippen molar-refractivity contribution in [3.63, 3.8) is 0 Å². The number of amides is 1. The van der Waals surface area contributed by atoms with Crippen LogP contribution in [0.5, 0.6) is 0 Å². The van der Waals surface area contributed by atoms with E-state index < -0.39 is 0 Å². The number of rotatable bonds is 4. The summed E-state index contributed by atoms with van der Waals surface area (Å²) >= 11 is 5.89. The van der Waals surface area contributed by atoms with E-state index in [1.807, 2.05) is 0 Å². The van der Waals surface area contributed by atoms with Crippen molar-refractivity contribution in [2.75, 3.05) is 18.6 Å². The van der Waals surface area contributed by atoms with Gasteiger partial charge in [0.15, 0.2) is 5.82 Å². The third kappa shape index (κ3) is 3.10. The molecule has 1 aliphatic rings. The molecule has 1 unspecified atom stereocenters. The standard InChI is InChI=1S/C11H15ClN4O2/c12-9-4-7(5-14-10(9)16-13)11(17)15-6-8-2-1-3-18-8/h4-5,8H,1-3,6,13H2,(H,14,16)(H,15,17). The molecule has 18 heavy (non-hydrogen) atoms. The Labute approximate surface area is 110 Å². The van der Waals surface area contributed by atoms with E-state index in [-0.39, 0.29) is 12.0 Å². The topological polar surface area (TPSA) is 89.3 Å². The molecule has 2 heterocycles. The monoisotopic (exact) mass is 270 g/mol. The zero-order valence-corrected chi connectivity index (χ0v) is 10.5. The van der Waals surface area contributed by atoms with Gasteiger partial charge < -0.3 is 15.5 Å². The lowest BCUT2D eigenvalue weighted by Gasteiger charge is -2.11. The molecule has 98 valence electrons. The first-order chi connectivity index (χ1) is 8.70. The van der Waals surface area contributed by atoms with Crippen LogP contribution in [-0.4, -0.2) is 30.1 Å². The largest absolute Gasteiger partial charge is 0.376 e. The molecule has 4 N–H and O–H groups in total. The molecule has 0 aliphatic carbocycles. The van der Waals surface area contributed by atoms with Crippen molar-refractivity contribution in [3.05, 3.63) is 22.8 Å². The predicted octanol–water partition coefficient (Wildman–Crippen LogP) is 0.929. The van der Waals surface area contributed by atoms with E-state index in [2.05, 4.69) is 15.7 Å². The molecule has 2 rings (SSSR count). The highest BCUT2D eigenvalue weighted by Crippen LogP contribution is 2.19. The van der Waals surface area contributed by atoms with Crippen molar-refractivity contribution in [2.24, 2.45) is 5.84 Å². The number of nitrogens with zero attached hydrogens (tertiary/aromatic N) is 1. The summed E-state index contributed by atoms with van der Waals surface area (Å²) in [6.07, 6.45) is 3.56. The van der Waals surface area contributed by atoms with Gasteiger partial charge in [0.1, 0.15) is 0 Å². The number of pyridine rings is 1. The van der Waals surface area contributed by atoms with Gasteiger partial charge in [0.2, 0.25) is 0 Å². The minimum Gasteiger partial charge on any atom is -0.376 e. The number of aromatic nitrogens is 1. The number of nitrogen functional groups attached to an aromatic ring is 1. The molecule has 1 aromatic heterocycles. The molecule has 1 atom stereocenters. The van der Waals surface area contributed by atoms with Crippen molar-refractivity contribution in [1.29, 1.82) is 0 Å². The van der Waals surface area contributed by atoms with Crippen molar-refractivity contribution in [2.45, 2.75) is 18.9 Å². The third-order valence-electron chi connectivity index (χ3n) is 2.75. The highest BCUT2D eigenvalue weighted by Gasteiger charge is 2.17. The third-order valence-corrected chi connectivity index (χ3v) is 3.04. The Kier molecular flexibility index (Phi) is 4.35. The maximum Gasteiger partial charge on any atom is 0.252 e. The molecule has 1 aromatic rings. The van der Waals surface area contributed by atoms with E-state index in [9.17, 15) is 4.79 Å². The quantitative estimate of drug-likeness (QED) is 0.559. The molecule has 1 aliphatic heterocycles. The number of anilines is 1. The Bertz CT molecular complexity index is 435. The van der Waals surface area contributed by atoms with Crippen LogP contribution in [0.1, 0.15) is 23.2 Å². The number of halogens is 1. The highest BCUT2D eigenvalue weighted by atomic mass is 35.5. The Hall–Kier alpha value is -1.37. The van der Waals surface area contributed by atoms with Gasteiger partial charge in [-0.2, -0.15) is 0 Å². The molecule has 0 radical (unpaired) electrons. The van der Waals surface area contributed by atoms with Crippen molar-refractivity contribution in [3.8, 4) is 0 Å². The Morgan fingerprint density at radius 1 is 1.67 bits per heavy atom. The van der Waals surface area contributed by atoms with Gasteiger partial charge in [-0.1, -0.05) is 11.6 Å². The second-order valence-corrected chi connectivity index (χ2v) is 4.45. The maximum absolute atomic E-state index is 11.8. The van der Waals surface area contributed by atoms with Gasteiger partial charge >= 0.3 is 0 Å². The maximum atomic E-state index is 11.8. The predicted molar refractivity (Wildman–Crippen MR) is 68.4 cm³/mol. The zero-order chi connectivity index (χ0) is 13.0. The van der Waals surface area contributed by atoms with E-state index in [1.54, 1.807) is 0 Å². The number of nitrogens with two attached hydrogens (primary N) is 1. The summed E-state index contributed by atoms with van der Waals surface area (Å²) in [4.78, 5) is 15.8. The SMILES string of the molecule is NNc1ncc(C(=O)NCC2CCCO2)cc1Cl. The first-order valence-electron chi connectivity index (χ1n) is 5.72. The van der Waals surface area contributed by atoms with Crippen LogP contribution in [-0.2, 0) is 4.74 Å². The van der Waals surface area contributed by atoms with E-state index in [4.69, 9.17) is 22.2 Å². The number of carbonyl (C=O) groups is 1. The molecule has 1 amide bonds. The molecule has 0 saturated carbocycles. The lowest BCUT2D eigenvalue weighted by atomic mass is 10.2. The number of nitrogens with one attached hydrogen (secondary N) is 2. The first kappa shape index (κ1) is 13.1. The van der Waals surface area contributed by atoms with Crippen LogP contribution in [0.25, 0.3) is 0 Å². The van der Waals surface area contributed by atoms with Gasteiger partial charge in [0.25, 0.3) is 5.91 Å². The summed E-state index contributed by atoms with van der Waals surface area (Å²) in [5.41, 5.74) is 2.74. The molecule has 7 heteroatoms. The summed E-state index contributed by atoms with van der Waals surface area (Å²) < 4.78 is 5.42. The minimum absolute atomic E-state index is 0.113. The number of ether oxygens (including phenoxy) is 1. The molecule has 0 bridgehead atoms. The Morgan fingerprint density at radius 2 is 2.50 bits per heavy atom. The van der Waals surface area contributed by atoms with Gasteiger partial charge in [-0.3, -0.25) is 4.79 Å². The summed E-state index contributed by atoms with van der Waals surface area (Å²) in [6, 6.07) is 1.52. The van der Waals surface area contributed by atoms with Gasteiger partial charge in [-0.05, 0) is 18.9 Å². The fourth-order valence-corrected chi connectivity index (χ4v) is 2.00. The van der Waals surface area contributed by atoms with Crippen LogP contribution in [0.15, 0.2) is 12.3 Å². The minimum atomic E-state index is -0.219. The van der Waals surface area contributed by atoms with Gasteiger partial charge in [0.05, 0.1) is 16.7 Å². The fraction of sp³-hybridized carbons (Fsp3) is 0.455. The van der Waals surface area contributed by atoms with Gasteiger partial charge in [-0.15, -0.1) is 0 Å². The second kappa shape index (κ2) is 5.99. The van der Waals surface area contributed by atoms with Crippen LogP contribution < -0.4 is 16.6 Å². The van der Waals surface area contributed by atoms with Crippen molar-refractivity contribution >= 4 is 23.3 Å². The summed E-state index contributed by atoms with van der Waals surface area (Å²) in [5, 5.41) is 3.10. The smallest absolute Gasteiger partial charge is 0.252 e. The fourth-order valence-electron chi connectivity index (χ4n) is 1.78. The first-order valence-corrected chi connectivity index (χ1v) is 6.10. The second-order valence-electron chi connectivity index (χ2n) is 4.04. The Morgan fingerprint density at radius 3 is 3.11 bits per heavy atom. The van der Waals surface area contributed by atoms with Crippen LogP contribution >= 0.6 is 11.6 Å². The average molecular weight is 271 g/mol. The summed E-state index contributed by atoms with van der Waals surface area (Å²) in [6.45, 7) is 1.28. The van der Waals surface area contributed by atoms with E-state index in [0.29, 0.717) is 22.9 Å². The Balaban J connectivity index is 1.93. The van der Waals surface area contributed by atoms with Gasteiger partial charge in [-0.25, -0.2) is 10.8 Å². The number of carbonyl (C=O) groups excluding carboxylic acids is 1. The summed E-state index contributed by atoms with van der Waals surface area (Å²) in [5.74, 6) is 5.33. The van der Waals surface area contributed by atoms with Crippen LogP contribution in [0.4, 0.5) is 5.82 Å². The van der Waals surface area contributed by atoms with Crippen molar-refractivity contribution < 1.29 is 9.53 Å². The molecule has 1 saturated heterocycles. The zero-order valence-electron chi connectivity index (χ0n) is 9.78. The van der Waals surface area contributed by atoms with E-state index in [0.717, 1.165) is 19.4 Å². The van der Waals surface area contributed by atoms with E-state index in [1.165, 1.54) is 12.3 Å². The molecular weight excluding hydrogens is 256 g/mol. The summed E-state index contributed by atoms with van der Waals surface area (Å²) in [7, 11) is 0.